The zero-order chi connectivity index (χ0) is 25.9. The Balaban J connectivity index is 1.70. The molecule has 194 valence electrons. The number of hydrogen-bond acceptors (Lipinski definition) is 7. The highest BCUT2D eigenvalue weighted by atomic mass is 79.9. The molecule has 0 amide bonds. The average molecular weight is 623 g/mol. The second kappa shape index (κ2) is 14.8. The molecule has 0 aliphatic heterocycles. The number of rotatable bonds is 14. The predicted molar refractivity (Wildman–Crippen MR) is 147 cm³/mol. The van der Waals surface area contributed by atoms with Gasteiger partial charge in [-0.05, 0) is 94.1 Å². The first-order valence-electron chi connectivity index (χ1n) is 12.0. The SMILES string of the molecule is CCOCCOc1ccc(C[C@@H](C)N(CC(O)c2cccc(Br)n2)C[C@@H](O)c2cccc(Br)n2)cc1. The molecule has 2 aromatic heterocycles. The Morgan fingerprint density at radius 2 is 1.39 bits per heavy atom. The lowest BCUT2D eigenvalue weighted by atomic mass is 10.0. The number of benzene rings is 1. The molecule has 3 atom stereocenters. The quantitative estimate of drug-likeness (QED) is 0.191. The van der Waals surface area contributed by atoms with E-state index in [4.69, 9.17) is 9.47 Å². The summed E-state index contributed by atoms with van der Waals surface area (Å²) in [7, 11) is 0. The van der Waals surface area contributed by atoms with Gasteiger partial charge in [0.15, 0.2) is 0 Å². The summed E-state index contributed by atoms with van der Waals surface area (Å²) in [6.07, 6.45) is -0.890. The number of ether oxygens (including phenoxy) is 2. The lowest BCUT2D eigenvalue weighted by molar-refractivity contribution is 0.0451. The molecule has 0 saturated heterocycles. The fourth-order valence-corrected chi connectivity index (χ4v) is 4.55. The van der Waals surface area contributed by atoms with Crippen LogP contribution in [0.1, 0.15) is 43.0 Å². The molecule has 3 aromatic rings. The molecule has 9 heteroatoms. The average Bonchev–Trinajstić information content (AvgIpc) is 2.87. The Bertz CT molecular complexity index is 1020. The molecule has 0 aliphatic rings. The third-order valence-corrected chi connectivity index (χ3v) is 6.63. The van der Waals surface area contributed by atoms with Crippen molar-refractivity contribution in [3.63, 3.8) is 0 Å². The maximum Gasteiger partial charge on any atom is 0.119 e. The lowest BCUT2D eigenvalue weighted by Crippen LogP contribution is -2.40. The molecule has 3 rings (SSSR count). The Morgan fingerprint density at radius 1 is 0.833 bits per heavy atom. The summed E-state index contributed by atoms with van der Waals surface area (Å²) in [5.41, 5.74) is 2.28. The van der Waals surface area contributed by atoms with Crippen molar-refractivity contribution >= 4 is 31.9 Å². The molecule has 36 heavy (non-hydrogen) atoms. The third-order valence-electron chi connectivity index (χ3n) is 5.75. The number of halogens is 2. The van der Waals surface area contributed by atoms with Crippen LogP contribution in [0.3, 0.4) is 0 Å². The van der Waals surface area contributed by atoms with Crippen molar-refractivity contribution in [3.8, 4) is 5.75 Å². The van der Waals surface area contributed by atoms with Crippen LogP contribution < -0.4 is 4.74 Å². The van der Waals surface area contributed by atoms with E-state index in [-0.39, 0.29) is 6.04 Å². The van der Waals surface area contributed by atoms with Gasteiger partial charge in [0.05, 0.1) is 18.0 Å². The van der Waals surface area contributed by atoms with Gasteiger partial charge < -0.3 is 19.7 Å². The number of aromatic nitrogens is 2. The predicted octanol–water partition coefficient (Wildman–Crippen LogP) is 5.12. The number of pyridine rings is 2. The van der Waals surface area contributed by atoms with E-state index in [1.807, 2.05) is 55.5 Å². The molecular formula is C27H33Br2N3O4. The molecule has 2 N–H and O–H groups in total. The molecule has 0 saturated carbocycles. The molecule has 0 fully saturated rings. The smallest absolute Gasteiger partial charge is 0.119 e. The van der Waals surface area contributed by atoms with E-state index in [1.54, 1.807) is 12.1 Å². The van der Waals surface area contributed by atoms with Crippen LogP contribution in [0.4, 0.5) is 0 Å². The number of nitrogens with zero attached hydrogens (tertiary/aromatic N) is 3. The zero-order valence-electron chi connectivity index (χ0n) is 20.6. The molecule has 0 bridgehead atoms. The fourth-order valence-electron chi connectivity index (χ4n) is 3.84. The largest absolute Gasteiger partial charge is 0.491 e. The van der Waals surface area contributed by atoms with E-state index in [0.29, 0.717) is 53.5 Å². The van der Waals surface area contributed by atoms with Gasteiger partial charge in [0.1, 0.15) is 33.8 Å². The Morgan fingerprint density at radius 3 is 1.89 bits per heavy atom. The zero-order valence-corrected chi connectivity index (χ0v) is 23.7. The van der Waals surface area contributed by atoms with E-state index in [2.05, 4.69) is 53.7 Å². The van der Waals surface area contributed by atoms with Crippen LogP contribution in [0, 0.1) is 0 Å². The second-order valence-electron chi connectivity index (χ2n) is 8.50. The highest BCUT2D eigenvalue weighted by molar-refractivity contribution is 9.10. The minimum absolute atomic E-state index is 0.0262. The summed E-state index contributed by atoms with van der Waals surface area (Å²) in [5, 5.41) is 21.9. The Kier molecular flexibility index (Phi) is 11.8. The first-order valence-corrected chi connectivity index (χ1v) is 13.6. The lowest BCUT2D eigenvalue weighted by Gasteiger charge is -2.32. The summed E-state index contributed by atoms with van der Waals surface area (Å²) < 4.78 is 12.4. The topological polar surface area (TPSA) is 87.9 Å². The van der Waals surface area contributed by atoms with Gasteiger partial charge in [0.2, 0.25) is 0 Å². The summed E-state index contributed by atoms with van der Waals surface area (Å²) in [4.78, 5) is 10.9. The molecule has 0 aliphatic carbocycles. The highest BCUT2D eigenvalue weighted by Gasteiger charge is 2.24. The van der Waals surface area contributed by atoms with Gasteiger partial charge in [-0.15, -0.1) is 0 Å². The Labute approximate surface area is 229 Å². The van der Waals surface area contributed by atoms with Crippen molar-refractivity contribution in [2.45, 2.75) is 38.5 Å². The Hall–Kier alpha value is -1.88. The molecule has 0 spiro atoms. The van der Waals surface area contributed by atoms with Gasteiger partial charge in [-0.3, -0.25) is 4.90 Å². The van der Waals surface area contributed by atoms with Crippen LogP contribution in [-0.4, -0.2) is 64.0 Å². The van der Waals surface area contributed by atoms with E-state index in [1.165, 1.54) is 0 Å². The van der Waals surface area contributed by atoms with E-state index >= 15 is 0 Å². The normalized spacial score (nSPS) is 14.0. The first-order chi connectivity index (χ1) is 17.4. The van der Waals surface area contributed by atoms with Gasteiger partial charge >= 0.3 is 0 Å². The maximum atomic E-state index is 11.0. The standard InChI is InChI=1S/C27H33Br2N3O4/c1-3-35-14-15-36-21-12-10-20(11-13-21)16-19(2)32(17-24(33)22-6-4-8-26(28)30-22)18-25(34)23-7-5-9-27(29)31-23/h4-13,19,24-25,33-34H,3,14-18H2,1-2H3/t19-,24-,25?/m1/s1. The van der Waals surface area contributed by atoms with E-state index in [0.717, 1.165) is 17.7 Å². The van der Waals surface area contributed by atoms with Gasteiger partial charge in [-0.2, -0.15) is 0 Å². The molecular weight excluding hydrogens is 590 g/mol. The molecule has 7 nitrogen and oxygen atoms in total. The highest BCUT2D eigenvalue weighted by Crippen LogP contribution is 2.22. The first kappa shape index (κ1) is 28.7. The fraction of sp³-hybridized carbons (Fsp3) is 0.407. The molecule has 1 aromatic carbocycles. The van der Waals surface area contributed by atoms with Crippen LogP contribution in [0.15, 0.2) is 69.9 Å². The van der Waals surface area contributed by atoms with Crippen LogP contribution in [0.5, 0.6) is 5.75 Å². The van der Waals surface area contributed by atoms with E-state index < -0.39 is 12.2 Å². The van der Waals surface area contributed by atoms with Gasteiger partial charge in [-0.25, -0.2) is 9.97 Å². The molecule has 0 radical (unpaired) electrons. The number of aliphatic hydroxyl groups excluding tert-OH is 2. The third kappa shape index (κ3) is 9.21. The van der Waals surface area contributed by atoms with Crippen LogP contribution in [0.2, 0.25) is 0 Å². The summed E-state index contributed by atoms with van der Waals surface area (Å²) >= 11 is 6.74. The monoisotopic (exact) mass is 621 g/mol. The van der Waals surface area contributed by atoms with Gasteiger partial charge in [-0.1, -0.05) is 24.3 Å². The van der Waals surface area contributed by atoms with Crippen molar-refractivity contribution in [2.24, 2.45) is 0 Å². The minimum atomic E-state index is -0.811. The summed E-state index contributed by atoms with van der Waals surface area (Å²) in [6.45, 7) is 6.43. The van der Waals surface area contributed by atoms with Gasteiger partial charge in [0.25, 0.3) is 0 Å². The molecule has 1 unspecified atom stereocenters. The van der Waals surface area contributed by atoms with Gasteiger partial charge in [0, 0.05) is 25.7 Å². The van der Waals surface area contributed by atoms with Crippen molar-refractivity contribution in [1.82, 2.24) is 14.9 Å². The van der Waals surface area contributed by atoms with Crippen LogP contribution in [0.25, 0.3) is 0 Å². The second-order valence-corrected chi connectivity index (χ2v) is 10.1. The van der Waals surface area contributed by atoms with Crippen molar-refractivity contribution in [3.05, 3.63) is 86.8 Å². The van der Waals surface area contributed by atoms with Crippen molar-refractivity contribution in [1.29, 1.82) is 0 Å². The number of aliphatic hydroxyl groups is 2. The molecule has 2 heterocycles. The van der Waals surface area contributed by atoms with E-state index in [9.17, 15) is 10.2 Å². The summed E-state index contributed by atoms with van der Waals surface area (Å²) in [5.74, 6) is 0.801. The van der Waals surface area contributed by atoms with Crippen molar-refractivity contribution < 1.29 is 19.7 Å². The minimum Gasteiger partial charge on any atom is -0.491 e. The number of hydrogen-bond donors (Lipinski definition) is 2. The van der Waals surface area contributed by atoms with Crippen molar-refractivity contribution in [2.75, 3.05) is 32.9 Å². The van der Waals surface area contributed by atoms with Crippen LogP contribution >= 0.6 is 31.9 Å². The van der Waals surface area contributed by atoms with Crippen LogP contribution in [-0.2, 0) is 11.2 Å². The summed E-state index contributed by atoms with van der Waals surface area (Å²) in [6, 6.07) is 19.0. The maximum absolute atomic E-state index is 11.0.